The van der Waals surface area contributed by atoms with Gasteiger partial charge in [0.2, 0.25) is 0 Å². The number of carbonyl (C=O) groups is 1. The summed E-state index contributed by atoms with van der Waals surface area (Å²) in [7, 11) is 0. The molecule has 0 spiro atoms. The van der Waals surface area contributed by atoms with Crippen LogP contribution < -0.4 is 5.73 Å². The third-order valence-corrected chi connectivity index (χ3v) is 2.52. The number of ether oxygens (including phenoxy) is 1. The maximum Gasteiger partial charge on any atom is 0.354 e. The number of aromatic nitrogens is 1. The zero-order valence-electron chi connectivity index (χ0n) is 8.17. The van der Waals surface area contributed by atoms with E-state index in [0.29, 0.717) is 12.3 Å². The minimum atomic E-state index is -0.297. The van der Waals surface area contributed by atoms with E-state index < -0.39 is 0 Å². The molecule has 0 aromatic carbocycles. The quantitative estimate of drug-likeness (QED) is 0.693. The Kier molecular flexibility index (Phi) is 2.29. The molecule has 3 N–H and O–H groups in total. The fourth-order valence-corrected chi connectivity index (χ4v) is 1.83. The van der Waals surface area contributed by atoms with Crippen molar-refractivity contribution in [1.82, 2.24) is 4.98 Å². The van der Waals surface area contributed by atoms with Crippen LogP contribution in [-0.4, -0.2) is 17.6 Å². The number of nitrogens with one attached hydrogen (secondary N) is 1. The molecule has 1 aromatic rings. The smallest absolute Gasteiger partial charge is 0.354 e. The Balaban J connectivity index is 2.22. The first-order chi connectivity index (χ1) is 6.72. The number of hydrogen-bond donors (Lipinski definition) is 2. The first kappa shape index (κ1) is 9.27. The molecule has 1 aromatic heterocycles. The summed E-state index contributed by atoms with van der Waals surface area (Å²) in [6.07, 6.45) is 1.91. The first-order valence-corrected chi connectivity index (χ1v) is 4.87. The number of nitrogens with two attached hydrogens (primary N) is 1. The van der Waals surface area contributed by atoms with Crippen LogP contribution in [0.15, 0.2) is 6.07 Å². The highest BCUT2D eigenvalue weighted by Crippen LogP contribution is 2.29. The van der Waals surface area contributed by atoms with E-state index >= 15 is 0 Å². The molecule has 0 aliphatic heterocycles. The van der Waals surface area contributed by atoms with Gasteiger partial charge in [-0.1, -0.05) is 0 Å². The summed E-state index contributed by atoms with van der Waals surface area (Å²) in [4.78, 5) is 14.4. The van der Waals surface area contributed by atoms with E-state index in [1.165, 1.54) is 0 Å². The van der Waals surface area contributed by atoms with E-state index in [1.54, 1.807) is 6.92 Å². The van der Waals surface area contributed by atoms with Crippen molar-refractivity contribution in [2.24, 2.45) is 5.73 Å². The van der Waals surface area contributed by atoms with Gasteiger partial charge in [0.1, 0.15) is 5.69 Å². The number of rotatable bonds is 2. The summed E-state index contributed by atoms with van der Waals surface area (Å²) in [6, 6.07) is 1.90. The zero-order chi connectivity index (χ0) is 10.1. The number of esters is 1. The number of H-pyrrole nitrogens is 1. The number of fused-ring (bicyclic) bond motifs is 1. The van der Waals surface area contributed by atoms with Crippen LogP contribution in [0, 0.1) is 0 Å². The third kappa shape index (κ3) is 1.42. The minimum Gasteiger partial charge on any atom is -0.461 e. The highest BCUT2D eigenvalue weighted by atomic mass is 16.5. The Morgan fingerprint density at radius 1 is 1.79 bits per heavy atom. The average Bonchev–Trinajstić information content (AvgIpc) is 2.69. The molecule has 0 saturated heterocycles. The molecule has 1 atom stereocenters. The lowest BCUT2D eigenvalue weighted by Gasteiger charge is -2.01. The molecule has 0 saturated carbocycles. The van der Waals surface area contributed by atoms with Crippen molar-refractivity contribution in [3.63, 3.8) is 0 Å². The van der Waals surface area contributed by atoms with Gasteiger partial charge in [0.25, 0.3) is 0 Å². The summed E-state index contributed by atoms with van der Waals surface area (Å²) < 4.78 is 4.89. The van der Waals surface area contributed by atoms with E-state index in [4.69, 9.17) is 10.5 Å². The molecular formula is C10H14N2O2. The molecule has 1 unspecified atom stereocenters. The molecular weight excluding hydrogens is 180 g/mol. The summed E-state index contributed by atoms with van der Waals surface area (Å²) in [5, 5.41) is 0. The number of hydrogen-bond acceptors (Lipinski definition) is 3. The first-order valence-electron chi connectivity index (χ1n) is 4.87. The fourth-order valence-electron chi connectivity index (χ4n) is 1.83. The van der Waals surface area contributed by atoms with Crippen molar-refractivity contribution in [1.29, 1.82) is 0 Å². The highest BCUT2D eigenvalue weighted by molar-refractivity contribution is 5.88. The van der Waals surface area contributed by atoms with Gasteiger partial charge < -0.3 is 15.5 Å². The summed E-state index contributed by atoms with van der Waals surface area (Å²) in [5.41, 5.74) is 8.52. The predicted octanol–water partition coefficient (Wildman–Crippen LogP) is 1.14. The van der Waals surface area contributed by atoms with Crippen LogP contribution >= 0.6 is 0 Å². The van der Waals surface area contributed by atoms with E-state index in [-0.39, 0.29) is 12.0 Å². The second-order valence-corrected chi connectivity index (χ2v) is 3.49. The van der Waals surface area contributed by atoms with Crippen LogP contribution in [0.5, 0.6) is 0 Å². The Morgan fingerprint density at radius 2 is 2.57 bits per heavy atom. The molecule has 76 valence electrons. The van der Waals surface area contributed by atoms with Crippen LogP contribution in [0.1, 0.15) is 41.1 Å². The summed E-state index contributed by atoms with van der Waals surface area (Å²) >= 11 is 0. The summed E-state index contributed by atoms with van der Waals surface area (Å²) in [6.45, 7) is 2.19. The monoisotopic (exact) mass is 194 g/mol. The topological polar surface area (TPSA) is 68.1 Å². The van der Waals surface area contributed by atoms with Gasteiger partial charge in [-0.2, -0.15) is 0 Å². The van der Waals surface area contributed by atoms with E-state index in [2.05, 4.69) is 4.98 Å². The molecule has 4 nitrogen and oxygen atoms in total. The molecule has 1 aliphatic rings. The zero-order valence-corrected chi connectivity index (χ0v) is 8.17. The van der Waals surface area contributed by atoms with Gasteiger partial charge in [0.05, 0.1) is 6.61 Å². The van der Waals surface area contributed by atoms with Gasteiger partial charge >= 0.3 is 5.97 Å². The second-order valence-electron chi connectivity index (χ2n) is 3.49. The predicted molar refractivity (Wildman–Crippen MR) is 52.0 cm³/mol. The normalized spacial score (nSPS) is 19.4. The van der Waals surface area contributed by atoms with Gasteiger partial charge in [-0.15, -0.1) is 0 Å². The van der Waals surface area contributed by atoms with Gasteiger partial charge in [-0.25, -0.2) is 4.79 Å². The molecule has 1 heterocycles. The van der Waals surface area contributed by atoms with Crippen LogP contribution in [0.2, 0.25) is 0 Å². The number of carbonyl (C=O) groups excluding carboxylic acids is 1. The van der Waals surface area contributed by atoms with E-state index in [1.807, 2.05) is 6.07 Å². The van der Waals surface area contributed by atoms with Crippen LogP contribution in [0.4, 0.5) is 0 Å². The van der Waals surface area contributed by atoms with Crippen LogP contribution in [0.3, 0.4) is 0 Å². The molecule has 2 rings (SSSR count). The van der Waals surface area contributed by atoms with Crippen molar-refractivity contribution in [2.75, 3.05) is 6.61 Å². The van der Waals surface area contributed by atoms with E-state index in [0.717, 1.165) is 24.1 Å². The molecule has 0 radical (unpaired) electrons. The largest absolute Gasteiger partial charge is 0.461 e. The van der Waals surface area contributed by atoms with E-state index in [9.17, 15) is 4.79 Å². The molecule has 14 heavy (non-hydrogen) atoms. The molecule has 0 fully saturated rings. The number of aromatic amines is 1. The minimum absolute atomic E-state index is 0.0492. The van der Waals surface area contributed by atoms with Gasteiger partial charge in [-0.3, -0.25) is 0 Å². The van der Waals surface area contributed by atoms with Crippen LogP contribution in [-0.2, 0) is 11.2 Å². The van der Waals surface area contributed by atoms with Crippen LogP contribution in [0.25, 0.3) is 0 Å². The maximum absolute atomic E-state index is 11.4. The Morgan fingerprint density at radius 3 is 3.21 bits per heavy atom. The van der Waals surface area contributed by atoms with Crippen molar-refractivity contribution in [2.45, 2.75) is 25.8 Å². The van der Waals surface area contributed by atoms with Gasteiger partial charge in [0, 0.05) is 11.7 Å². The van der Waals surface area contributed by atoms with Gasteiger partial charge in [-0.05, 0) is 31.4 Å². The van der Waals surface area contributed by atoms with Crippen molar-refractivity contribution in [3.8, 4) is 0 Å². The lowest BCUT2D eigenvalue weighted by molar-refractivity contribution is 0.0520. The molecule has 0 bridgehead atoms. The Bertz CT molecular complexity index is 357. The molecule has 1 aliphatic carbocycles. The second kappa shape index (κ2) is 3.46. The Labute approximate surface area is 82.4 Å². The molecule has 0 amide bonds. The number of aryl methyl sites for hydroxylation is 1. The highest BCUT2D eigenvalue weighted by Gasteiger charge is 2.23. The van der Waals surface area contributed by atoms with Crippen molar-refractivity contribution >= 4 is 5.97 Å². The van der Waals surface area contributed by atoms with Crippen molar-refractivity contribution < 1.29 is 9.53 Å². The standard InChI is InChI=1S/C10H14N2O2/c1-2-14-10(13)8-5-6-3-4-7(11)9(6)12-8/h5,7,12H,2-4,11H2,1H3. The lowest BCUT2D eigenvalue weighted by Crippen LogP contribution is -2.09. The fraction of sp³-hybridized carbons (Fsp3) is 0.500. The van der Waals surface area contributed by atoms with Crippen molar-refractivity contribution in [3.05, 3.63) is 23.0 Å². The Hall–Kier alpha value is -1.29. The van der Waals surface area contributed by atoms with Gasteiger partial charge in [0.15, 0.2) is 0 Å². The third-order valence-electron chi connectivity index (χ3n) is 2.52. The maximum atomic E-state index is 11.4. The lowest BCUT2D eigenvalue weighted by atomic mass is 10.2. The SMILES string of the molecule is CCOC(=O)c1cc2c([nH]1)C(N)CC2. The molecule has 4 heteroatoms. The average molecular weight is 194 g/mol. The summed E-state index contributed by atoms with van der Waals surface area (Å²) in [5.74, 6) is -0.297.